The smallest absolute Gasteiger partial charge is 0.212 e. The fourth-order valence-corrected chi connectivity index (χ4v) is 1.49. The summed E-state index contributed by atoms with van der Waals surface area (Å²) in [7, 11) is 2.24. The minimum atomic E-state index is -1.15. The highest BCUT2D eigenvalue weighted by Gasteiger charge is 2.25. The van der Waals surface area contributed by atoms with E-state index in [1.54, 1.807) is 6.92 Å². The molecule has 0 unspecified atom stereocenters. The fraction of sp³-hybridized carbons (Fsp3) is 0.455. The lowest BCUT2D eigenvalue weighted by Crippen LogP contribution is -2.05. The molecule has 5 heteroatoms. The summed E-state index contributed by atoms with van der Waals surface area (Å²) < 4.78 is 49.9. The van der Waals surface area contributed by atoms with Crippen molar-refractivity contribution in [2.24, 2.45) is 0 Å². The Morgan fingerprint density at radius 2 is 1.31 bits per heavy atom. The van der Waals surface area contributed by atoms with Gasteiger partial charge in [0.15, 0.2) is 23.1 Å². The molecule has 0 amide bonds. The number of methoxy groups -OCH3 is 2. The van der Waals surface area contributed by atoms with Crippen molar-refractivity contribution in [2.45, 2.75) is 19.8 Å². The van der Waals surface area contributed by atoms with Crippen LogP contribution < -0.4 is 9.47 Å². The molecule has 0 heterocycles. The Balaban J connectivity index is 3.49. The monoisotopic (exact) mass is 234 g/mol. The Hall–Kier alpha value is -1.39. The van der Waals surface area contributed by atoms with E-state index < -0.39 is 29.0 Å². The molecule has 2 nitrogen and oxygen atoms in total. The minimum Gasteiger partial charge on any atom is -0.491 e. The molecule has 16 heavy (non-hydrogen) atoms. The quantitative estimate of drug-likeness (QED) is 0.797. The molecule has 0 atom stereocenters. The van der Waals surface area contributed by atoms with Gasteiger partial charge in [0.1, 0.15) is 0 Å². The Kier molecular flexibility index (Phi) is 4.04. The molecule has 0 fully saturated rings. The first-order valence-corrected chi connectivity index (χ1v) is 4.85. The first kappa shape index (κ1) is 12.7. The molecule has 0 spiro atoms. The van der Waals surface area contributed by atoms with Crippen LogP contribution in [0.3, 0.4) is 0 Å². The number of benzene rings is 1. The predicted octanol–water partition coefficient (Wildman–Crippen LogP) is 3.07. The lowest BCUT2D eigenvalue weighted by Gasteiger charge is -2.13. The predicted molar refractivity (Wildman–Crippen MR) is 53.4 cm³/mol. The summed E-state index contributed by atoms with van der Waals surface area (Å²) in [6.45, 7) is 1.77. The third-order valence-corrected chi connectivity index (χ3v) is 2.24. The van der Waals surface area contributed by atoms with E-state index in [0.29, 0.717) is 6.42 Å². The molecule has 1 aromatic carbocycles. The molecule has 0 aromatic heterocycles. The highest BCUT2D eigenvalue weighted by Crippen LogP contribution is 2.35. The lowest BCUT2D eigenvalue weighted by molar-refractivity contribution is 0.314. The average molecular weight is 234 g/mol. The minimum absolute atomic E-state index is 0.157. The molecular formula is C11H13F3O2. The van der Waals surface area contributed by atoms with Crippen LogP contribution in [0.5, 0.6) is 11.5 Å². The number of halogens is 3. The second kappa shape index (κ2) is 5.09. The lowest BCUT2D eigenvalue weighted by atomic mass is 10.1. The van der Waals surface area contributed by atoms with E-state index in [1.165, 1.54) is 0 Å². The van der Waals surface area contributed by atoms with E-state index in [1.807, 2.05) is 0 Å². The molecule has 1 aromatic rings. The molecule has 0 aliphatic heterocycles. The van der Waals surface area contributed by atoms with E-state index in [0.717, 1.165) is 14.2 Å². The maximum absolute atomic E-state index is 13.6. The van der Waals surface area contributed by atoms with Crippen LogP contribution in [-0.4, -0.2) is 14.2 Å². The third kappa shape index (κ3) is 1.94. The van der Waals surface area contributed by atoms with E-state index in [4.69, 9.17) is 0 Å². The zero-order valence-corrected chi connectivity index (χ0v) is 9.36. The van der Waals surface area contributed by atoms with Crippen molar-refractivity contribution < 1.29 is 22.6 Å². The number of rotatable bonds is 4. The maximum Gasteiger partial charge on any atom is 0.212 e. The zero-order chi connectivity index (χ0) is 12.3. The van der Waals surface area contributed by atoms with Gasteiger partial charge < -0.3 is 9.47 Å². The van der Waals surface area contributed by atoms with Crippen molar-refractivity contribution in [1.82, 2.24) is 0 Å². The van der Waals surface area contributed by atoms with Gasteiger partial charge in [-0.1, -0.05) is 13.3 Å². The molecular weight excluding hydrogens is 221 g/mol. The first-order chi connectivity index (χ1) is 7.58. The summed E-state index contributed by atoms with van der Waals surface area (Å²) in [6, 6.07) is 0. The van der Waals surface area contributed by atoms with Gasteiger partial charge in [-0.2, -0.15) is 4.39 Å². The second-order valence-electron chi connectivity index (χ2n) is 3.24. The SMILES string of the molecule is CCCc1c(F)c(OC)c(F)c(OC)c1F. The van der Waals surface area contributed by atoms with Crippen molar-refractivity contribution in [3.8, 4) is 11.5 Å². The van der Waals surface area contributed by atoms with Crippen LogP contribution in [0.25, 0.3) is 0 Å². The van der Waals surface area contributed by atoms with Crippen LogP contribution in [-0.2, 0) is 6.42 Å². The normalized spacial score (nSPS) is 10.4. The summed E-state index contributed by atoms with van der Waals surface area (Å²) >= 11 is 0. The number of hydrogen-bond donors (Lipinski definition) is 0. The Morgan fingerprint density at radius 3 is 1.62 bits per heavy atom. The van der Waals surface area contributed by atoms with Gasteiger partial charge >= 0.3 is 0 Å². The van der Waals surface area contributed by atoms with Crippen LogP contribution in [0.1, 0.15) is 18.9 Å². The summed E-state index contributed by atoms with van der Waals surface area (Å²) in [5, 5.41) is 0. The second-order valence-corrected chi connectivity index (χ2v) is 3.24. The molecule has 0 bridgehead atoms. The van der Waals surface area contributed by atoms with Crippen LogP contribution in [0.4, 0.5) is 13.2 Å². The summed E-state index contributed by atoms with van der Waals surface area (Å²) in [4.78, 5) is 0. The van der Waals surface area contributed by atoms with Gasteiger partial charge in [-0.15, -0.1) is 0 Å². The molecule has 0 saturated heterocycles. The van der Waals surface area contributed by atoms with E-state index in [9.17, 15) is 13.2 Å². The first-order valence-electron chi connectivity index (χ1n) is 4.85. The molecule has 0 radical (unpaired) electrons. The Bertz CT molecular complexity index is 360. The van der Waals surface area contributed by atoms with Gasteiger partial charge in [0.05, 0.1) is 14.2 Å². The number of hydrogen-bond acceptors (Lipinski definition) is 2. The highest BCUT2D eigenvalue weighted by atomic mass is 19.1. The van der Waals surface area contributed by atoms with Gasteiger partial charge in [0, 0.05) is 5.56 Å². The van der Waals surface area contributed by atoms with Crippen molar-refractivity contribution in [1.29, 1.82) is 0 Å². The Morgan fingerprint density at radius 1 is 0.875 bits per heavy atom. The summed E-state index contributed by atoms with van der Waals surface area (Å²) in [5.41, 5.74) is -0.211. The molecule has 90 valence electrons. The van der Waals surface area contributed by atoms with Crippen LogP contribution in [0.15, 0.2) is 0 Å². The van der Waals surface area contributed by atoms with E-state index >= 15 is 0 Å². The molecule has 0 aliphatic rings. The third-order valence-electron chi connectivity index (χ3n) is 2.24. The summed E-state index contributed by atoms with van der Waals surface area (Å²) in [5.74, 6) is -4.37. The topological polar surface area (TPSA) is 18.5 Å². The average Bonchev–Trinajstić information content (AvgIpc) is 2.26. The van der Waals surface area contributed by atoms with E-state index in [2.05, 4.69) is 9.47 Å². The van der Waals surface area contributed by atoms with Gasteiger partial charge in [-0.3, -0.25) is 0 Å². The van der Waals surface area contributed by atoms with Crippen LogP contribution in [0.2, 0.25) is 0 Å². The molecule has 0 aliphatic carbocycles. The standard InChI is InChI=1S/C11H13F3O2/c1-4-5-6-7(12)10(15-2)9(14)11(16-3)8(6)13/h4-5H2,1-3H3. The highest BCUT2D eigenvalue weighted by molar-refractivity contribution is 5.43. The maximum atomic E-state index is 13.6. The summed E-state index contributed by atoms with van der Waals surface area (Å²) in [6.07, 6.45) is 0.691. The zero-order valence-electron chi connectivity index (χ0n) is 9.36. The van der Waals surface area contributed by atoms with E-state index in [-0.39, 0.29) is 12.0 Å². The van der Waals surface area contributed by atoms with Gasteiger partial charge in [0.2, 0.25) is 5.82 Å². The van der Waals surface area contributed by atoms with Gasteiger partial charge in [-0.25, -0.2) is 8.78 Å². The van der Waals surface area contributed by atoms with Crippen molar-refractivity contribution >= 4 is 0 Å². The van der Waals surface area contributed by atoms with Crippen molar-refractivity contribution in [3.05, 3.63) is 23.0 Å². The van der Waals surface area contributed by atoms with Gasteiger partial charge in [0.25, 0.3) is 0 Å². The largest absolute Gasteiger partial charge is 0.491 e. The van der Waals surface area contributed by atoms with Crippen molar-refractivity contribution in [3.63, 3.8) is 0 Å². The van der Waals surface area contributed by atoms with Gasteiger partial charge in [-0.05, 0) is 6.42 Å². The Labute approximate surface area is 92.0 Å². The van der Waals surface area contributed by atoms with Crippen molar-refractivity contribution in [2.75, 3.05) is 14.2 Å². The molecule has 0 N–H and O–H groups in total. The number of ether oxygens (including phenoxy) is 2. The fourth-order valence-electron chi connectivity index (χ4n) is 1.49. The van der Waals surface area contributed by atoms with Crippen LogP contribution in [0, 0.1) is 17.5 Å². The molecule has 0 saturated carbocycles. The molecule has 1 rings (SSSR count). The van der Waals surface area contributed by atoms with Crippen LogP contribution >= 0.6 is 0 Å².